The molecule has 2 atom stereocenters. The van der Waals surface area contributed by atoms with Crippen molar-refractivity contribution in [2.24, 2.45) is 5.92 Å². The Kier molecular flexibility index (Phi) is 4.13. The summed E-state index contributed by atoms with van der Waals surface area (Å²) in [5.74, 6) is 0.585. The van der Waals surface area contributed by atoms with E-state index in [1.165, 1.54) is 31.6 Å². The lowest BCUT2D eigenvalue weighted by Gasteiger charge is -2.17. The fourth-order valence-corrected chi connectivity index (χ4v) is 2.41. The molecule has 0 aliphatic carbocycles. The standard InChI is InChI=1S/C14H21FN2/c1-11(13-3-5-14(15)6-4-13)16-9-12-7-8-17(2)10-12/h3-6,11-12,16H,7-10H2,1-2H3. The molecule has 1 heterocycles. The van der Waals surface area contributed by atoms with Gasteiger partial charge in [0.05, 0.1) is 0 Å². The van der Waals surface area contributed by atoms with Gasteiger partial charge in [0.15, 0.2) is 0 Å². The van der Waals surface area contributed by atoms with Crippen molar-refractivity contribution >= 4 is 0 Å². The van der Waals surface area contributed by atoms with Crippen LogP contribution in [-0.4, -0.2) is 31.6 Å². The molecule has 94 valence electrons. The molecule has 0 saturated carbocycles. The maximum atomic E-state index is 12.8. The van der Waals surface area contributed by atoms with Gasteiger partial charge in [0, 0.05) is 12.6 Å². The zero-order chi connectivity index (χ0) is 12.3. The van der Waals surface area contributed by atoms with Gasteiger partial charge in [0.25, 0.3) is 0 Å². The van der Waals surface area contributed by atoms with E-state index in [9.17, 15) is 4.39 Å². The molecule has 1 aliphatic heterocycles. The van der Waals surface area contributed by atoms with Crippen molar-refractivity contribution in [2.45, 2.75) is 19.4 Å². The summed E-state index contributed by atoms with van der Waals surface area (Å²) in [6, 6.07) is 7.05. The number of halogens is 1. The van der Waals surface area contributed by atoms with Crippen molar-refractivity contribution in [3.8, 4) is 0 Å². The van der Waals surface area contributed by atoms with E-state index < -0.39 is 0 Å². The highest BCUT2D eigenvalue weighted by molar-refractivity contribution is 5.19. The summed E-state index contributed by atoms with van der Waals surface area (Å²) >= 11 is 0. The summed E-state index contributed by atoms with van der Waals surface area (Å²) in [7, 11) is 2.17. The largest absolute Gasteiger partial charge is 0.310 e. The van der Waals surface area contributed by atoms with E-state index in [0.29, 0.717) is 6.04 Å². The van der Waals surface area contributed by atoms with Crippen LogP contribution < -0.4 is 5.32 Å². The Morgan fingerprint density at radius 1 is 1.41 bits per heavy atom. The Morgan fingerprint density at radius 3 is 2.71 bits per heavy atom. The Balaban J connectivity index is 1.81. The fraction of sp³-hybridized carbons (Fsp3) is 0.571. The van der Waals surface area contributed by atoms with Crippen LogP contribution in [0.25, 0.3) is 0 Å². The third-order valence-electron chi connectivity index (χ3n) is 3.57. The number of benzene rings is 1. The van der Waals surface area contributed by atoms with Crippen LogP contribution in [0.1, 0.15) is 24.9 Å². The quantitative estimate of drug-likeness (QED) is 0.863. The van der Waals surface area contributed by atoms with Crippen LogP contribution in [0, 0.1) is 11.7 Å². The van der Waals surface area contributed by atoms with Crippen molar-refractivity contribution in [2.75, 3.05) is 26.7 Å². The zero-order valence-electron chi connectivity index (χ0n) is 10.6. The molecule has 0 spiro atoms. The molecule has 2 rings (SSSR count). The van der Waals surface area contributed by atoms with Crippen LogP contribution >= 0.6 is 0 Å². The maximum absolute atomic E-state index is 12.8. The van der Waals surface area contributed by atoms with Gasteiger partial charge in [-0.2, -0.15) is 0 Å². The molecule has 2 unspecified atom stereocenters. The number of hydrogen-bond acceptors (Lipinski definition) is 2. The SMILES string of the molecule is CC(NCC1CCN(C)C1)c1ccc(F)cc1. The number of nitrogens with zero attached hydrogens (tertiary/aromatic N) is 1. The molecular weight excluding hydrogens is 215 g/mol. The Morgan fingerprint density at radius 2 is 2.12 bits per heavy atom. The van der Waals surface area contributed by atoms with Crippen LogP contribution in [0.3, 0.4) is 0 Å². The maximum Gasteiger partial charge on any atom is 0.123 e. The third-order valence-corrected chi connectivity index (χ3v) is 3.57. The molecule has 1 saturated heterocycles. The number of hydrogen-bond donors (Lipinski definition) is 1. The molecule has 1 aromatic rings. The molecule has 0 bridgehead atoms. The van der Waals surface area contributed by atoms with Gasteiger partial charge >= 0.3 is 0 Å². The van der Waals surface area contributed by atoms with Crippen molar-refractivity contribution < 1.29 is 4.39 Å². The second-order valence-electron chi connectivity index (χ2n) is 5.10. The highest BCUT2D eigenvalue weighted by atomic mass is 19.1. The lowest BCUT2D eigenvalue weighted by Crippen LogP contribution is -2.27. The van der Waals surface area contributed by atoms with Crippen LogP contribution in [0.5, 0.6) is 0 Å². The Hall–Kier alpha value is -0.930. The van der Waals surface area contributed by atoms with Gasteiger partial charge in [-0.15, -0.1) is 0 Å². The number of nitrogens with one attached hydrogen (secondary N) is 1. The molecular formula is C14H21FN2. The summed E-state index contributed by atoms with van der Waals surface area (Å²) in [5.41, 5.74) is 1.15. The molecule has 0 amide bonds. The van der Waals surface area contributed by atoms with Gasteiger partial charge in [-0.1, -0.05) is 12.1 Å². The molecule has 2 nitrogen and oxygen atoms in total. The molecule has 0 aromatic heterocycles. The second kappa shape index (κ2) is 5.61. The van der Waals surface area contributed by atoms with Crippen LogP contribution in [-0.2, 0) is 0 Å². The summed E-state index contributed by atoms with van der Waals surface area (Å²) in [6.07, 6.45) is 1.28. The predicted molar refractivity (Wildman–Crippen MR) is 68.4 cm³/mol. The first-order valence-electron chi connectivity index (χ1n) is 6.32. The van der Waals surface area contributed by atoms with Crippen LogP contribution in [0.4, 0.5) is 4.39 Å². The average Bonchev–Trinajstić information content (AvgIpc) is 2.73. The molecule has 0 radical (unpaired) electrons. The molecule has 1 N–H and O–H groups in total. The average molecular weight is 236 g/mol. The van der Waals surface area contributed by atoms with Crippen molar-refractivity contribution in [1.82, 2.24) is 10.2 Å². The molecule has 17 heavy (non-hydrogen) atoms. The lowest BCUT2D eigenvalue weighted by molar-refractivity contribution is 0.382. The Labute approximate surface area is 103 Å². The molecule has 1 fully saturated rings. The third kappa shape index (κ3) is 3.51. The summed E-state index contributed by atoms with van der Waals surface area (Å²) in [5, 5.41) is 3.53. The van der Waals surface area contributed by atoms with E-state index >= 15 is 0 Å². The monoisotopic (exact) mass is 236 g/mol. The predicted octanol–water partition coefficient (Wildman–Crippen LogP) is 2.43. The molecule has 1 aromatic carbocycles. The first kappa shape index (κ1) is 12.5. The van der Waals surface area contributed by atoms with E-state index in [2.05, 4.69) is 24.2 Å². The molecule has 3 heteroatoms. The zero-order valence-corrected chi connectivity index (χ0v) is 10.6. The van der Waals surface area contributed by atoms with Crippen LogP contribution in [0.15, 0.2) is 24.3 Å². The van der Waals surface area contributed by atoms with E-state index in [1.54, 1.807) is 0 Å². The van der Waals surface area contributed by atoms with Gasteiger partial charge in [0.1, 0.15) is 5.82 Å². The minimum absolute atomic E-state index is 0.168. The summed E-state index contributed by atoms with van der Waals surface area (Å²) in [6.45, 7) is 5.56. The van der Waals surface area contributed by atoms with E-state index in [4.69, 9.17) is 0 Å². The van der Waals surface area contributed by atoms with Crippen molar-refractivity contribution in [3.05, 3.63) is 35.6 Å². The van der Waals surface area contributed by atoms with Crippen LogP contribution in [0.2, 0.25) is 0 Å². The second-order valence-corrected chi connectivity index (χ2v) is 5.10. The summed E-state index contributed by atoms with van der Waals surface area (Å²) in [4.78, 5) is 2.37. The van der Waals surface area contributed by atoms with Crippen molar-refractivity contribution in [3.63, 3.8) is 0 Å². The summed E-state index contributed by atoms with van der Waals surface area (Å²) < 4.78 is 12.8. The lowest BCUT2D eigenvalue weighted by atomic mass is 10.1. The first-order valence-corrected chi connectivity index (χ1v) is 6.32. The smallest absolute Gasteiger partial charge is 0.123 e. The molecule has 1 aliphatic rings. The van der Waals surface area contributed by atoms with Gasteiger partial charge in [-0.3, -0.25) is 0 Å². The van der Waals surface area contributed by atoms with E-state index in [-0.39, 0.29) is 5.82 Å². The highest BCUT2D eigenvalue weighted by Crippen LogP contribution is 2.16. The number of likely N-dealkylation sites (tertiary alicyclic amines) is 1. The van der Waals surface area contributed by atoms with Gasteiger partial charge in [-0.25, -0.2) is 4.39 Å². The van der Waals surface area contributed by atoms with Crippen molar-refractivity contribution in [1.29, 1.82) is 0 Å². The Bertz CT molecular complexity index is 350. The van der Waals surface area contributed by atoms with E-state index in [0.717, 1.165) is 18.0 Å². The van der Waals surface area contributed by atoms with E-state index in [1.807, 2.05) is 12.1 Å². The van der Waals surface area contributed by atoms with Gasteiger partial charge in [-0.05, 0) is 57.1 Å². The topological polar surface area (TPSA) is 15.3 Å². The number of rotatable bonds is 4. The highest BCUT2D eigenvalue weighted by Gasteiger charge is 2.19. The minimum Gasteiger partial charge on any atom is -0.310 e. The van der Waals surface area contributed by atoms with Gasteiger partial charge in [0.2, 0.25) is 0 Å². The minimum atomic E-state index is -0.168. The van der Waals surface area contributed by atoms with Gasteiger partial charge < -0.3 is 10.2 Å². The normalized spacial score (nSPS) is 22.9. The fourth-order valence-electron chi connectivity index (χ4n) is 2.41. The first-order chi connectivity index (χ1) is 8.15.